The van der Waals surface area contributed by atoms with Crippen molar-refractivity contribution in [2.75, 3.05) is 0 Å². The van der Waals surface area contributed by atoms with Gasteiger partial charge < -0.3 is 8.83 Å². The average molecular weight is 1690 g/mol. The summed E-state index contributed by atoms with van der Waals surface area (Å²) in [7, 11) is 0. The highest BCUT2D eigenvalue weighted by molar-refractivity contribution is 7.27. The number of benzene rings is 22. The summed E-state index contributed by atoms with van der Waals surface area (Å²) in [6.45, 7) is 0. The number of hydrogen-bond donors (Lipinski definition) is 0. The molecule has 9 nitrogen and oxygen atoms in total. The second-order valence-electron chi connectivity index (χ2n) is 33.6. The van der Waals surface area contributed by atoms with Gasteiger partial charge in [-0.2, -0.15) is 0 Å². The third-order valence-electron chi connectivity index (χ3n) is 25.9. The van der Waals surface area contributed by atoms with Crippen LogP contribution in [-0.2, 0) is 0 Å². The summed E-state index contributed by atoms with van der Waals surface area (Å²) >= 11 is 1.90. The fourth-order valence-corrected chi connectivity index (χ4v) is 21.0. The molecule has 0 aliphatic rings. The molecule has 608 valence electrons. The summed E-state index contributed by atoms with van der Waals surface area (Å²) in [5.41, 5.74) is 20.2. The van der Waals surface area contributed by atoms with Crippen LogP contribution in [0.15, 0.2) is 440 Å². The number of para-hydroxylation sites is 6. The molecule has 0 atom stereocenters. The molecule has 10 heteroatoms. The Hall–Kier alpha value is -17.3. The third kappa shape index (κ3) is 12.9. The molecule has 6 heterocycles. The first kappa shape index (κ1) is 75.1. The maximum absolute atomic E-state index is 6.21. The lowest BCUT2D eigenvalue weighted by Crippen LogP contribution is -2.00. The van der Waals surface area contributed by atoms with E-state index in [1.807, 2.05) is 169 Å². The minimum Gasteiger partial charge on any atom is -0.456 e. The van der Waals surface area contributed by atoms with Gasteiger partial charge in [0.15, 0.2) is 17.5 Å². The van der Waals surface area contributed by atoms with E-state index in [1.165, 1.54) is 123 Å². The van der Waals surface area contributed by atoms with E-state index >= 15 is 0 Å². The number of aromatic nitrogens is 7. The SMILES string of the molecule is c1ccc(-c2nc(-c3ccccc3)nc(-c3cccc(-c4ccc5c(ccc6ccc7cc8oc9ccccc9c8cc7c65)c4)c3)n2)cc1.c1ccc(-c2nc3ccccc3nc2-c2ccc3c(ccc4c5sc6ccccc6c5c5ccccc5c34)c2)cc1.c1ccc(-c2nc3ccccc3nc2-c2ccc3c(ccc4ccc5c(ccc6oc7ccccc7c65)c43)c2)cc1. The van der Waals surface area contributed by atoms with Crippen LogP contribution in [0.4, 0.5) is 0 Å². The van der Waals surface area contributed by atoms with E-state index in [0.717, 1.165) is 133 Å². The first-order valence-electron chi connectivity index (χ1n) is 44.1. The number of fused-ring (bicyclic) bond motifs is 29. The lowest BCUT2D eigenvalue weighted by Gasteiger charge is -2.13. The van der Waals surface area contributed by atoms with Crippen molar-refractivity contribution in [3.05, 3.63) is 431 Å². The van der Waals surface area contributed by atoms with Crippen molar-refractivity contribution in [3.63, 3.8) is 0 Å². The molecule has 0 aliphatic carbocycles. The van der Waals surface area contributed by atoms with Crippen LogP contribution >= 0.6 is 11.3 Å². The first-order chi connectivity index (χ1) is 64.9. The minimum atomic E-state index is 0.644. The van der Waals surface area contributed by atoms with Gasteiger partial charge >= 0.3 is 0 Å². The third-order valence-corrected chi connectivity index (χ3v) is 27.1. The summed E-state index contributed by atoms with van der Waals surface area (Å²) in [5.74, 6) is 1.95. The molecule has 28 aromatic rings. The van der Waals surface area contributed by atoms with Crippen molar-refractivity contribution in [1.29, 1.82) is 0 Å². The summed E-state index contributed by atoms with van der Waals surface area (Å²) in [4.78, 5) is 35.2. The zero-order valence-electron chi connectivity index (χ0n) is 70.3. The quantitative estimate of drug-likeness (QED) is 0.137. The Morgan fingerprint density at radius 1 is 0.160 bits per heavy atom. The zero-order chi connectivity index (χ0) is 86.1. The maximum atomic E-state index is 6.21. The normalized spacial score (nSPS) is 11.8. The lowest BCUT2D eigenvalue weighted by atomic mass is 9.92. The van der Waals surface area contributed by atoms with Crippen LogP contribution in [0.3, 0.4) is 0 Å². The summed E-state index contributed by atoms with van der Waals surface area (Å²) in [5, 5.41) is 29.6. The van der Waals surface area contributed by atoms with E-state index in [-0.39, 0.29) is 0 Å². The fourth-order valence-electron chi connectivity index (χ4n) is 19.8. The highest BCUT2D eigenvalue weighted by Gasteiger charge is 2.23. The summed E-state index contributed by atoms with van der Waals surface area (Å²) < 4.78 is 15.1. The van der Waals surface area contributed by atoms with Gasteiger partial charge in [0.25, 0.3) is 0 Å². The van der Waals surface area contributed by atoms with Gasteiger partial charge in [0.1, 0.15) is 22.3 Å². The maximum Gasteiger partial charge on any atom is 0.164 e. The summed E-state index contributed by atoms with van der Waals surface area (Å²) in [6.07, 6.45) is 0. The van der Waals surface area contributed by atoms with Crippen molar-refractivity contribution in [2.24, 2.45) is 0 Å². The molecule has 28 rings (SSSR count). The summed E-state index contributed by atoms with van der Waals surface area (Å²) in [6, 6.07) is 151. The number of furan rings is 2. The molecule has 22 aromatic carbocycles. The van der Waals surface area contributed by atoms with Crippen LogP contribution in [0, 0.1) is 0 Å². The number of nitrogens with zero attached hydrogens (tertiary/aromatic N) is 7. The molecule has 0 spiro atoms. The number of hydrogen-bond acceptors (Lipinski definition) is 10. The Morgan fingerprint density at radius 3 is 1.10 bits per heavy atom. The van der Waals surface area contributed by atoms with Crippen LogP contribution in [0.5, 0.6) is 0 Å². The molecule has 0 N–H and O–H groups in total. The second-order valence-corrected chi connectivity index (χ2v) is 34.6. The molecule has 0 amide bonds. The first-order valence-corrected chi connectivity index (χ1v) is 44.9. The molecule has 0 radical (unpaired) electrons. The molecular weight excluding hydrogens is 1620 g/mol. The van der Waals surface area contributed by atoms with E-state index in [9.17, 15) is 0 Å². The highest BCUT2D eigenvalue weighted by atomic mass is 32.1. The van der Waals surface area contributed by atoms with Gasteiger partial charge in [-0.15, -0.1) is 11.3 Å². The smallest absolute Gasteiger partial charge is 0.164 e. The van der Waals surface area contributed by atoms with E-state index in [0.29, 0.717) is 17.5 Å². The highest BCUT2D eigenvalue weighted by Crippen LogP contribution is 2.49. The number of thiophene rings is 1. The molecule has 131 heavy (non-hydrogen) atoms. The van der Waals surface area contributed by atoms with Crippen molar-refractivity contribution >= 4 is 194 Å². The van der Waals surface area contributed by atoms with E-state index in [2.05, 4.69) is 273 Å². The number of rotatable bonds is 8. The monoisotopic (exact) mass is 1690 g/mol. The van der Waals surface area contributed by atoms with Crippen LogP contribution in [0.2, 0.25) is 0 Å². The largest absolute Gasteiger partial charge is 0.456 e. The molecule has 0 unspecified atom stereocenters. The van der Waals surface area contributed by atoms with Crippen molar-refractivity contribution in [2.45, 2.75) is 0 Å². The standard InChI is InChI=1S/C45H27N3O.C38H22N2O.C38H22N2S/c1-3-10-29(11-4-1)43-46-44(30-12-5-2-6-13-30)48-45(47-43)35-15-9-14-31(25-35)32-22-23-36-33(24-32)20-18-28-19-21-34-26-41-39(27-38(34)42(28)36)37-16-7-8-17-40(37)49-41;1-2-8-24(9-3-1)37-38(40-32-12-6-5-11-31(32)39-37)26-17-18-27-25(22-26)15-14-23-16-19-29-28(35(23)27)20-21-34-36(29)30-10-4-7-13-33(30)41-34;1-2-10-23(11-3-1)36-37(40-32-16-8-7-15-31(32)39-36)25-19-20-26-24(22-25)18-21-30-34(26)27-12-4-5-13-28(27)35-29-14-6-9-17-33(29)41-38(30)35/h1-27H;2*1-22H. The van der Waals surface area contributed by atoms with Crippen molar-refractivity contribution < 1.29 is 8.83 Å². The lowest BCUT2D eigenvalue weighted by molar-refractivity contribution is 0.669. The van der Waals surface area contributed by atoms with Gasteiger partial charge in [-0.05, 0) is 194 Å². The Balaban J connectivity index is 0.000000104. The average Bonchev–Trinajstić information content (AvgIpc) is 1.62. The molecular formula is C121H71N7O2S. The molecule has 0 aliphatic heterocycles. The zero-order valence-corrected chi connectivity index (χ0v) is 71.2. The Morgan fingerprint density at radius 2 is 0.519 bits per heavy atom. The molecule has 0 fully saturated rings. The van der Waals surface area contributed by atoms with Crippen molar-refractivity contribution in [1.82, 2.24) is 34.9 Å². The van der Waals surface area contributed by atoms with Gasteiger partial charge in [0.05, 0.1) is 44.8 Å². The van der Waals surface area contributed by atoms with Gasteiger partial charge in [-0.3, -0.25) is 0 Å². The van der Waals surface area contributed by atoms with Crippen molar-refractivity contribution in [3.8, 4) is 90.3 Å². The molecule has 0 saturated carbocycles. The second kappa shape index (κ2) is 30.8. The Bertz CT molecular complexity index is 9510. The predicted molar refractivity (Wildman–Crippen MR) is 547 cm³/mol. The predicted octanol–water partition coefficient (Wildman–Crippen LogP) is 33.0. The van der Waals surface area contributed by atoms with Crippen LogP contribution in [0.1, 0.15) is 0 Å². The van der Waals surface area contributed by atoms with Gasteiger partial charge in [-0.25, -0.2) is 34.9 Å². The van der Waals surface area contributed by atoms with E-state index in [4.69, 9.17) is 43.7 Å². The fraction of sp³-hybridized carbons (Fsp3) is 0. The Labute approximate surface area is 753 Å². The van der Waals surface area contributed by atoms with Crippen LogP contribution in [-0.4, -0.2) is 34.9 Å². The topological polar surface area (TPSA) is 117 Å². The molecule has 6 aromatic heterocycles. The van der Waals surface area contributed by atoms with Gasteiger partial charge in [-0.1, -0.05) is 340 Å². The molecule has 0 bridgehead atoms. The van der Waals surface area contributed by atoms with Crippen LogP contribution < -0.4 is 0 Å². The molecule has 0 saturated heterocycles. The van der Waals surface area contributed by atoms with E-state index < -0.39 is 0 Å². The minimum absolute atomic E-state index is 0.644. The van der Waals surface area contributed by atoms with Gasteiger partial charge in [0, 0.05) is 86.0 Å². The van der Waals surface area contributed by atoms with Crippen LogP contribution in [0.25, 0.3) is 273 Å². The Kier molecular flexibility index (Phi) is 17.6. The van der Waals surface area contributed by atoms with Gasteiger partial charge in [0.2, 0.25) is 0 Å². The van der Waals surface area contributed by atoms with E-state index in [1.54, 1.807) is 0 Å².